The van der Waals surface area contributed by atoms with Gasteiger partial charge < -0.3 is 10.1 Å². The number of carbonyl (C=O) groups is 1. The number of aryl methyl sites for hydroxylation is 2. The summed E-state index contributed by atoms with van der Waals surface area (Å²) in [5.74, 6) is 0.382. The summed E-state index contributed by atoms with van der Waals surface area (Å²) in [6, 6.07) is 12.9. The zero-order valence-corrected chi connectivity index (χ0v) is 13.1. The normalized spacial score (nSPS) is 11.8. The summed E-state index contributed by atoms with van der Waals surface area (Å²) in [6.45, 7) is 5.69. The van der Waals surface area contributed by atoms with Crippen LogP contribution in [0.2, 0.25) is 5.02 Å². The first-order chi connectivity index (χ1) is 9.95. The van der Waals surface area contributed by atoms with Crippen LogP contribution in [-0.4, -0.2) is 12.0 Å². The predicted molar refractivity (Wildman–Crippen MR) is 86.1 cm³/mol. The van der Waals surface area contributed by atoms with Crippen molar-refractivity contribution in [3.63, 3.8) is 0 Å². The Morgan fingerprint density at radius 2 is 1.95 bits per heavy atom. The lowest BCUT2D eigenvalue weighted by atomic mass is 10.1. The molecule has 2 aromatic rings. The van der Waals surface area contributed by atoms with Crippen molar-refractivity contribution in [3.05, 3.63) is 58.6 Å². The largest absolute Gasteiger partial charge is 0.481 e. The molecule has 0 saturated heterocycles. The Bertz CT molecular complexity index is 655. The quantitative estimate of drug-likeness (QED) is 0.911. The summed E-state index contributed by atoms with van der Waals surface area (Å²) in [5, 5.41) is 3.45. The third kappa shape index (κ3) is 4.23. The van der Waals surface area contributed by atoms with E-state index in [9.17, 15) is 4.79 Å². The SMILES string of the molecule is Cc1ccc(NC(=O)[C@@H](C)Oc2cccc(Cl)c2)c(C)c1. The number of carbonyl (C=O) groups excluding carboxylic acids is 1. The van der Waals surface area contributed by atoms with E-state index in [1.165, 1.54) is 0 Å². The number of hydrogen-bond acceptors (Lipinski definition) is 2. The average Bonchev–Trinajstić information content (AvgIpc) is 2.41. The third-order valence-electron chi connectivity index (χ3n) is 3.12. The van der Waals surface area contributed by atoms with Gasteiger partial charge in [0.15, 0.2) is 6.10 Å². The van der Waals surface area contributed by atoms with Crippen LogP contribution in [0.5, 0.6) is 5.75 Å². The summed E-state index contributed by atoms with van der Waals surface area (Å²) in [5.41, 5.74) is 2.99. The van der Waals surface area contributed by atoms with Crippen molar-refractivity contribution < 1.29 is 9.53 Å². The van der Waals surface area contributed by atoms with Gasteiger partial charge in [0.25, 0.3) is 5.91 Å². The molecular formula is C17H18ClNO2. The maximum absolute atomic E-state index is 12.2. The van der Waals surface area contributed by atoms with Gasteiger partial charge >= 0.3 is 0 Å². The fourth-order valence-corrected chi connectivity index (χ4v) is 2.17. The molecule has 0 radical (unpaired) electrons. The third-order valence-corrected chi connectivity index (χ3v) is 3.35. The second kappa shape index (κ2) is 6.64. The van der Waals surface area contributed by atoms with Gasteiger partial charge in [-0.15, -0.1) is 0 Å². The number of benzene rings is 2. The van der Waals surface area contributed by atoms with Crippen molar-refractivity contribution in [3.8, 4) is 5.75 Å². The zero-order chi connectivity index (χ0) is 15.4. The lowest BCUT2D eigenvalue weighted by Crippen LogP contribution is -2.30. The number of halogens is 1. The number of rotatable bonds is 4. The van der Waals surface area contributed by atoms with E-state index >= 15 is 0 Å². The number of anilines is 1. The minimum atomic E-state index is -0.607. The Kier molecular flexibility index (Phi) is 4.86. The second-order valence-electron chi connectivity index (χ2n) is 5.03. The van der Waals surface area contributed by atoms with E-state index in [0.717, 1.165) is 16.8 Å². The van der Waals surface area contributed by atoms with Gasteiger partial charge in [0.1, 0.15) is 5.75 Å². The maximum Gasteiger partial charge on any atom is 0.265 e. The van der Waals surface area contributed by atoms with Crippen molar-refractivity contribution in [2.75, 3.05) is 5.32 Å². The summed E-state index contributed by atoms with van der Waals surface area (Å²) < 4.78 is 5.60. The van der Waals surface area contributed by atoms with Crippen LogP contribution in [0.1, 0.15) is 18.1 Å². The topological polar surface area (TPSA) is 38.3 Å². The van der Waals surface area contributed by atoms with Crippen LogP contribution in [0, 0.1) is 13.8 Å². The first-order valence-corrected chi connectivity index (χ1v) is 7.14. The van der Waals surface area contributed by atoms with Crippen molar-refractivity contribution in [1.29, 1.82) is 0 Å². The molecule has 0 aliphatic rings. The highest BCUT2D eigenvalue weighted by molar-refractivity contribution is 6.30. The Balaban J connectivity index is 2.02. The van der Waals surface area contributed by atoms with Gasteiger partial charge in [-0.25, -0.2) is 0 Å². The maximum atomic E-state index is 12.2. The molecule has 0 unspecified atom stereocenters. The van der Waals surface area contributed by atoms with Crippen molar-refractivity contribution in [2.45, 2.75) is 26.9 Å². The molecule has 3 nitrogen and oxygen atoms in total. The molecule has 0 aliphatic carbocycles. The lowest BCUT2D eigenvalue weighted by Gasteiger charge is -2.16. The van der Waals surface area contributed by atoms with Crippen LogP contribution in [0.25, 0.3) is 0 Å². The van der Waals surface area contributed by atoms with Crippen molar-refractivity contribution >= 4 is 23.2 Å². The minimum absolute atomic E-state index is 0.193. The Morgan fingerprint density at radius 3 is 2.62 bits per heavy atom. The number of nitrogens with one attached hydrogen (secondary N) is 1. The number of ether oxygens (including phenoxy) is 1. The van der Waals surface area contributed by atoms with E-state index in [0.29, 0.717) is 10.8 Å². The molecule has 0 heterocycles. The van der Waals surface area contributed by atoms with Crippen LogP contribution < -0.4 is 10.1 Å². The molecule has 0 bridgehead atoms. The monoisotopic (exact) mass is 303 g/mol. The fourth-order valence-electron chi connectivity index (χ4n) is 1.99. The van der Waals surface area contributed by atoms with Gasteiger partial charge in [-0.3, -0.25) is 4.79 Å². The molecule has 21 heavy (non-hydrogen) atoms. The van der Waals surface area contributed by atoms with E-state index in [-0.39, 0.29) is 5.91 Å². The lowest BCUT2D eigenvalue weighted by molar-refractivity contribution is -0.122. The summed E-state index contributed by atoms with van der Waals surface area (Å²) in [7, 11) is 0. The Labute approximate surface area is 129 Å². The molecule has 0 aliphatic heterocycles. The van der Waals surface area contributed by atoms with Gasteiger partial charge in [0, 0.05) is 10.7 Å². The summed E-state index contributed by atoms with van der Waals surface area (Å²) in [6.07, 6.45) is -0.607. The predicted octanol–water partition coefficient (Wildman–Crippen LogP) is 4.36. The van der Waals surface area contributed by atoms with E-state index in [1.807, 2.05) is 32.0 Å². The van der Waals surface area contributed by atoms with Crippen LogP contribution in [0.3, 0.4) is 0 Å². The zero-order valence-electron chi connectivity index (χ0n) is 12.3. The average molecular weight is 304 g/mol. The highest BCUT2D eigenvalue weighted by Gasteiger charge is 2.15. The van der Waals surface area contributed by atoms with Crippen LogP contribution in [0.15, 0.2) is 42.5 Å². The molecule has 110 valence electrons. The fraction of sp³-hybridized carbons (Fsp3) is 0.235. The van der Waals surface area contributed by atoms with E-state index < -0.39 is 6.10 Å². The molecule has 2 aromatic carbocycles. The van der Waals surface area contributed by atoms with E-state index in [4.69, 9.17) is 16.3 Å². The van der Waals surface area contributed by atoms with Crippen molar-refractivity contribution in [1.82, 2.24) is 0 Å². The van der Waals surface area contributed by atoms with E-state index in [1.54, 1.807) is 31.2 Å². The molecule has 1 N–H and O–H groups in total. The first-order valence-electron chi connectivity index (χ1n) is 6.76. The summed E-state index contributed by atoms with van der Waals surface area (Å²) in [4.78, 5) is 12.2. The van der Waals surface area contributed by atoms with Crippen LogP contribution >= 0.6 is 11.6 Å². The molecular weight excluding hydrogens is 286 g/mol. The van der Waals surface area contributed by atoms with E-state index in [2.05, 4.69) is 5.32 Å². The Hall–Kier alpha value is -2.00. The van der Waals surface area contributed by atoms with Crippen LogP contribution in [0.4, 0.5) is 5.69 Å². The molecule has 1 amide bonds. The highest BCUT2D eigenvalue weighted by atomic mass is 35.5. The second-order valence-corrected chi connectivity index (χ2v) is 5.46. The molecule has 1 atom stereocenters. The molecule has 2 rings (SSSR count). The Morgan fingerprint density at radius 1 is 1.19 bits per heavy atom. The molecule has 4 heteroatoms. The van der Waals surface area contributed by atoms with Gasteiger partial charge in [0.05, 0.1) is 0 Å². The number of hydrogen-bond donors (Lipinski definition) is 1. The molecule has 0 aromatic heterocycles. The number of amides is 1. The molecule has 0 fully saturated rings. The standard InChI is InChI=1S/C17H18ClNO2/c1-11-7-8-16(12(2)9-11)19-17(20)13(3)21-15-6-4-5-14(18)10-15/h4-10,13H,1-3H3,(H,19,20)/t13-/m1/s1. The van der Waals surface area contributed by atoms with Gasteiger partial charge in [-0.1, -0.05) is 35.4 Å². The minimum Gasteiger partial charge on any atom is -0.481 e. The summed E-state index contributed by atoms with van der Waals surface area (Å²) >= 11 is 5.89. The van der Waals surface area contributed by atoms with Gasteiger partial charge in [-0.2, -0.15) is 0 Å². The van der Waals surface area contributed by atoms with Crippen molar-refractivity contribution in [2.24, 2.45) is 0 Å². The highest BCUT2D eigenvalue weighted by Crippen LogP contribution is 2.20. The smallest absolute Gasteiger partial charge is 0.265 e. The molecule has 0 saturated carbocycles. The first kappa shape index (κ1) is 15.4. The molecule has 0 spiro atoms. The van der Waals surface area contributed by atoms with Crippen LogP contribution in [-0.2, 0) is 4.79 Å². The van der Waals surface area contributed by atoms with Gasteiger partial charge in [0.2, 0.25) is 0 Å². The van der Waals surface area contributed by atoms with Gasteiger partial charge in [-0.05, 0) is 50.6 Å².